The fourth-order valence-electron chi connectivity index (χ4n) is 2.88. The molecule has 7 heteroatoms. The van der Waals surface area contributed by atoms with Crippen LogP contribution >= 0.6 is 0 Å². The van der Waals surface area contributed by atoms with E-state index in [1.807, 2.05) is 24.3 Å². The molecule has 0 unspecified atom stereocenters. The van der Waals surface area contributed by atoms with Gasteiger partial charge in [-0.3, -0.25) is 10.00 Å². The first-order chi connectivity index (χ1) is 11.8. The molecule has 1 aliphatic heterocycles. The molecule has 24 heavy (non-hydrogen) atoms. The van der Waals surface area contributed by atoms with E-state index in [-0.39, 0.29) is 0 Å². The standard InChI is InChI=1S/C17H19N5O2/c1-2-3-14-13-10-12(4-5-15(13)19-18-14)17-21-20-16(24-17)11-22-6-8-23-9-7-22/h2,4-5,10H,1,3,6-9,11H2,(H,18,19). The Labute approximate surface area is 139 Å². The third-order valence-corrected chi connectivity index (χ3v) is 4.16. The van der Waals surface area contributed by atoms with Crippen molar-refractivity contribution in [2.24, 2.45) is 0 Å². The van der Waals surface area contributed by atoms with Crippen LogP contribution in [0.25, 0.3) is 22.4 Å². The first kappa shape index (κ1) is 15.0. The Balaban J connectivity index is 1.58. The van der Waals surface area contributed by atoms with Crippen molar-refractivity contribution >= 4 is 10.9 Å². The summed E-state index contributed by atoms with van der Waals surface area (Å²) in [7, 11) is 0. The van der Waals surface area contributed by atoms with E-state index in [2.05, 4.69) is 31.9 Å². The molecule has 2 aromatic heterocycles. The molecule has 124 valence electrons. The molecule has 1 aliphatic rings. The smallest absolute Gasteiger partial charge is 0.247 e. The maximum Gasteiger partial charge on any atom is 0.247 e. The number of ether oxygens (including phenoxy) is 1. The summed E-state index contributed by atoms with van der Waals surface area (Å²) in [4.78, 5) is 2.25. The first-order valence-electron chi connectivity index (χ1n) is 8.04. The van der Waals surface area contributed by atoms with Crippen molar-refractivity contribution in [3.05, 3.63) is 42.4 Å². The van der Waals surface area contributed by atoms with Gasteiger partial charge in [-0.2, -0.15) is 5.10 Å². The lowest BCUT2D eigenvalue weighted by Gasteiger charge is -2.24. The second-order valence-corrected chi connectivity index (χ2v) is 5.82. The SMILES string of the molecule is C=CCc1[nH]nc2ccc(-c3nnc(CN4CCOCC4)o3)cc12. The second kappa shape index (κ2) is 6.54. The molecule has 7 nitrogen and oxygen atoms in total. The van der Waals surface area contributed by atoms with Crippen molar-refractivity contribution in [1.29, 1.82) is 0 Å². The van der Waals surface area contributed by atoms with Gasteiger partial charge in [0.05, 0.1) is 25.3 Å². The summed E-state index contributed by atoms with van der Waals surface area (Å²) in [5, 5.41) is 16.8. The zero-order valence-electron chi connectivity index (χ0n) is 13.4. The predicted octanol–water partition coefficient (Wildman–Crippen LogP) is 2.17. The Morgan fingerprint density at radius 1 is 1.25 bits per heavy atom. The molecule has 1 N–H and O–H groups in total. The Morgan fingerprint density at radius 2 is 2.12 bits per heavy atom. The van der Waals surface area contributed by atoms with E-state index >= 15 is 0 Å². The van der Waals surface area contributed by atoms with Crippen LogP contribution in [0.1, 0.15) is 11.6 Å². The highest BCUT2D eigenvalue weighted by atomic mass is 16.5. The number of aromatic nitrogens is 4. The molecule has 3 aromatic rings. The average Bonchev–Trinajstić information content (AvgIpc) is 3.23. The van der Waals surface area contributed by atoms with Gasteiger partial charge in [0.25, 0.3) is 0 Å². The van der Waals surface area contributed by atoms with E-state index in [1.165, 1.54) is 0 Å². The summed E-state index contributed by atoms with van der Waals surface area (Å²) in [5.74, 6) is 1.16. The molecular weight excluding hydrogens is 306 g/mol. The quantitative estimate of drug-likeness (QED) is 0.724. The molecule has 1 saturated heterocycles. The average molecular weight is 325 g/mol. The van der Waals surface area contributed by atoms with Gasteiger partial charge in [0.2, 0.25) is 11.8 Å². The van der Waals surface area contributed by atoms with Crippen molar-refractivity contribution in [3.63, 3.8) is 0 Å². The lowest BCUT2D eigenvalue weighted by atomic mass is 10.1. The summed E-state index contributed by atoms with van der Waals surface area (Å²) in [6, 6.07) is 5.94. The summed E-state index contributed by atoms with van der Waals surface area (Å²) < 4.78 is 11.2. The number of H-pyrrole nitrogens is 1. The fraction of sp³-hybridized carbons (Fsp3) is 0.353. The van der Waals surface area contributed by atoms with Crippen LogP contribution in [0.15, 0.2) is 35.3 Å². The molecule has 4 rings (SSSR count). The molecule has 1 fully saturated rings. The maximum atomic E-state index is 5.84. The highest BCUT2D eigenvalue weighted by Crippen LogP contribution is 2.25. The summed E-state index contributed by atoms with van der Waals surface area (Å²) in [5.41, 5.74) is 2.86. The number of benzene rings is 1. The van der Waals surface area contributed by atoms with Gasteiger partial charge >= 0.3 is 0 Å². The van der Waals surface area contributed by atoms with Gasteiger partial charge in [0.1, 0.15) is 0 Å². The van der Waals surface area contributed by atoms with Gasteiger partial charge in [-0.1, -0.05) is 6.08 Å². The lowest BCUT2D eigenvalue weighted by molar-refractivity contribution is 0.0306. The van der Waals surface area contributed by atoms with Crippen molar-refractivity contribution in [2.75, 3.05) is 26.3 Å². The Hall–Kier alpha value is -2.51. The van der Waals surface area contributed by atoms with E-state index in [0.29, 0.717) is 18.3 Å². The second-order valence-electron chi connectivity index (χ2n) is 5.82. The van der Waals surface area contributed by atoms with Gasteiger partial charge in [0, 0.05) is 36.2 Å². The normalized spacial score (nSPS) is 15.8. The van der Waals surface area contributed by atoms with Crippen LogP contribution < -0.4 is 0 Å². The predicted molar refractivity (Wildman–Crippen MR) is 89.4 cm³/mol. The number of hydrogen-bond acceptors (Lipinski definition) is 6. The van der Waals surface area contributed by atoms with Crippen molar-refractivity contribution in [1.82, 2.24) is 25.3 Å². The van der Waals surface area contributed by atoms with Crippen LogP contribution in [0.4, 0.5) is 0 Å². The highest BCUT2D eigenvalue weighted by molar-refractivity contribution is 5.85. The minimum Gasteiger partial charge on any atom is -0.419 e. The van der Waals surface area contributed by atoms with Crippen molar-refractivity contribution < 1.29 is 9.15 Å². The molecular formula is C17H19N5O2. The zero-order valence-corrected chi connectivity index (χ0v) is 13.4. The summed E-state index contributed by atoms with van der Waals surface area (Å²) in [6.45, 7) is 7.73. The number of fused-ring (bicyclic) bond motifs is 1. The van der Waals surface area contributed by atoms with Crippen molar-refractivity contribution in [3.8, 4) is 11.5 Å². The number of allylic oxidation sites excluding steroid dienone is 1. The monoisotopic (exact) mass is 325 g/mol. The zero-order chi connectivity index (χ0) is 16.4. The largest absolute Gasteiger partial charge is 0.419 e. The minimum atomic E-state index is 0.533. The van der Waals surface area contributed by atoms with E-state index in [1.54, 1.807) is 0 Å². The number of morpholine rings is 1. The van der Waals surface area contributed by atoms with Crippen LogP contribution in [0.2, 0.25) is 0 Å². The van der Waals surface area contributed by atoms with Crippen molar-refractivity contribution in [2.45, 2.75) is 13.0 Å². The Kier molecular flexibility index (Phi) is 4.10. The first-order valence-corrected chi connectivity index (χ1v) is 8.04. The van der Waals surface area contributed by atoms with E-state index in [9.17, 15) is 0 Å². The molecule has 0 aliphatic carbocycles. The third-order valence-electron chi connectivity index (χ3n) is 4.16. The summed E-state index contributed by atoms with van der Waals surface area (Å²) in [6.07, 6.45) is 2.60. The Bertz CT molecular complexity index is 848. The molecule has 3 heterocycles. The number of rotatable bonds is 5. The van der Waals surface area contributed by atoms with Gasteiger partial charge in [-0.05, 0) is 18.2 Å². The number of nitrogens with one attached hydrogen (secondary N) is 1. The van der Waals surface area contributed by atoms with Gasteiger partial charge in [0.15, 0.2) is 0 Å². The molecule has 1 aromatic carbocycles. The van der Waals surface area contributed by atoms with Crippen LogP contribution in [0.5, 0.6) is 0 Å². The molecule has 0 bridgehead atoms. The van der Waals surface area contributed by atoms with Gasteiger partial charge in [-0.15, -0.1) is 16.8 Å². The molecule has 0 saturated carbocycles. The number of nitrogens with zero attached hydrogens (tertiary/aromatic N) is 4. The lowest BCUT2D eigenvalue weighted by Crippen LogP contribution is -2.35. The van der Waals surface area contributed by atoms with Gasteiger partial charge in [-0.25, -0.2) is 0 Å². The fourth-order valence-corrected chi connectivity index (χ4v) is 2.88. The number of hydrogen-bond donors (Lipinski definition) is 1. The molecule has 0 radical (unpaired) electrons. The maximum absolute atomic E-state index is 5.84. The van der Waals surface area contributed by atoms with Crippen LogP contribution in [-0.2, 0) is 17.7 Å². The summed E-state index contributed by atoms with van der Waals surface area (Å²) >= 11 is 0. The van der Waals surface area contributed by atoms with E-state index < -0.39 is 0 Å². The molecule has 0 atom stereocenters. The van der Waals surface area contributed by atoms with E-state index in [4.69, 9.17) is 9.15 Å². The van der Waals surface area contributed by atoms with Gasteiger partial charge < -0.3 is 9.15 Å². The van der Waals surface area contributed by atoms with E-state index in [0.717, 1.165) is 54.9 Å². The van der Waals surface area contributed by atoms with Crippen LogP contribution in [0.3, 0.4) is 0 Å². The van der Waals surface area contributed by atoms with Crippen LogP contribution in [0, 0.1) is 0 Å². The topological polar surface area (TPSA) is 80.1 Å². The number of aromatic amines is 1. The third kappa shape index (κ3) is 2.95. The Morgan fingerprint density at radius 3 is 2.96 bits per heavy atom. The van der Waals surface area contributed by atoms with Crippen LogP contribution in [-0.4, -0.2) is 51.6 Å². The molecule has 0 spiro atoms. The minimum absolute atomic E-state index is 0.533. The molecule has 0 amide bonds. The highest BCUT2D eigenvalue weighted by Gasteiger charge is 2.16.